The number of rotatable bonds is 7. The van der Waals surface area contributed by atoms with Gasteiger partial charge in [0.05, 0.1) is 11.6 Å². The van der Waals surface area contributed by atoms with Gasteiger partial charge in [-0.15, -0.1) is 0 Å². The lowest BCUT2D eigenvalue weighted by Crippen LogP contribution is -2.46. The van der Waals surface area contributed by atoms with E-state index in [1.54, 1.807) is 6.20 Å². The molecule has 2 atom stereocenters. The molecular weight excluding hydrogens is 467 g/mol. The number of anilines is 4. The van der Waals surface area contributed by atoms with Crippen LogP contribution in [-0.4, -0.2) is 53.1 Å². The van der Waals surface area contributed by atoms with Gasteiger partial charge in [-0.3, -0.25) is 4.79 Å². The topological polar surface area (TPSA) is 82.2 Å². The van der Waals surface area contributed by atoms with Crippen LogP contribution in [0.4, 0.5) is 27.4 Å². The number of benzene rings is 3. The van der Waals surface area contributed by atoms with Crippen molar-refractivity contribution in [3.8, 4) is 11.1 Å². The molecule has 1 saturated heterocycles. The van der Waals surface area contributed by atoms with E-state index in [1.165, 1.54) is 6.08 Å². The van der Waals surface area contributed by atoms with Crippen LogP contribution in [-0.2, 0) is 4.79 Å². The zero-order valence-electron chi connectivity index (χ0n) is 20.6. The standard InChI is InChI=1S/C29H29FN6O/c1-3-27(37)33-23-8-4-6-19(16-23)24-9-5-7-20-17-31-29(35-28(20)24)34-22-12-10-21(11-13-22)32-26-14-15-36(2)18-25(26)30/h3-13,16-17,25-26,32H,1,14-15,18H2,2H3,(H,33,37)(H,31,34,35)/t25-,26-/m0/s1. The Bertz CT molecular complexity index is 1420. The van der Waals surface area contributed by atoms with Crippen molar-refractivity contribution in [2.75, 3.05) is 36.1 Å². The summed E-state index contributed by atoms with van der Waals surface area (Å²) in [5.41, 5.74) is 5.04. The molecule has 188 valence electrons. The number of nitrogens with zero attached hydrogens (tertiary/aromatic N) is 3. The Morgan fingerprint density at radius 3 is 2.65 bits per heavy atom. The predicted octanol–water partition coefficient (Wildman–Crippen LogP) is 5.62. The normalized spacial score (nSPS) is 17.8. The van der Waals surface area contributed by atoms with Crippen LogP contribution in [0.5, 0.6) is 0 Å². The average molecular weight is 497 g/mol. The Hall–Kier alpha value is -4.30. The molecule has 8 heteroatoms. The lowest BCUT2D eigenvalue weighted by atomic mass is 10.0. The van der Waals surface area contributed by atoms with Gasteiger partial charge in [0, 0.05) is 47.3 Å². The monoisotopic (exact) mass is 496 g/mol. The minimum Gasteiger partial charge on any atom is -0.379 e. The van der Waals surface area contributed by atoms with Crippen molar-refractivity contribution in [1.29, 1.82) is 0 Å². The number of aromatic nitrogens is 2. The number of piperidine rings is 1. The quantitative estimate of drug-likeness (QED) is 0.288. The highest BCUT2D eigenvalue weighted by Gasteiger charge is 2.27. The minimum absolute atomic E-state index is 0.180. The SMILES string of the molecule is C=CC(=O)Nc1cccc(-c2cccc3cnc(Nc4ccc(N[C@H]5CCN(C)C[C@@H]5F)cc4)nc23)c1. The molecule has 0 radical (unpaired) electrons. The number of para-hydroxylation sites is 1. The van der Waals surface area contributed by atoms with Gasteiger partial charge in [0.25, 0.3) is 0 Å². The summed E-state index contributed by atoms with van der Waals surface area (Å²) in [6, 6.07) is 21.1. The van der Waals surface area contributed by atoms with E-state index in [1.807, 2.05) is 78.7 Å². The number of nitrogens with one attached hydrogen (secondary N) is 3. The van der Waals surface area contributed by atoms with Crippen molar-refractivity contribution >= 4 is 39.8 Å². The van der Waals surface area contributed by atoms with E-state index in [9.17, 15) is 9.18 Å². The molecule has 4 aromatic rings. The van der Waals surface area contributed by atoms with E-state index in [4.69, 9.17) is 4.98 Å². The van der Waals surface area contributed by atoms with Crippen LogP contribution in [0.3, 0.4) is 0 Å². The number of fused-ring (bicyclic) bond motifs is 1. The van der Waals surface area contributed by atoms with E-state index in [0.29, 0.717) is 18.2 Å². The third-order valence-electron chi connectivity index (χ3n) is 6.47. The Kier molecular flexibility index (Phi) is 7.09. The van der Waals surface area contributed by atoms with E-state index in [-0.39, 0.29) is 11.9 Å². The zero-order chi connectivity index (χ0) is 25.8. The Morgan fingerprint density at radius 1 is 1.08 bits per heavy atom. The second-order valence-electron chi connectivity index (χ2n) is 9.23. The smallest absolute Gasteiger partial charge is 0.247 e. The van der Waals surface area contributed by atoms with Gasteiger partial charge < -0.3 is 20.9 Å². The van der Waals surface area contributed by atoms with Crippen LogP contribution in [0, 0.1) is 0 Å². The van der Waals surface area contributed by atoms with Crippen LogP contribution < -0.4 is 16.0 Å². The highest BCUT2D eigenvalue weighted by atomic mass is 19.1. The molecular formula is C29H29FN6O. The van der Waals surface area contributed by atoms with Crippen molar-refractivity contribution in [3.63, 3.8) is 0 Å². The summed E-state index contributed by atoms with van der Waals surface area (Å²) in [4.78, 5) is 23.0. The van der Waals surface area contributed by atoms with Gasteiger partial charge in [-0.2, -0.15) is 0 Å². The van der Waals surface area contributed by atoms with Gasteiger partial charge in [0.1, 0.15) is 6.17 Å². The fourth-order valence-corrected chi connectivity index (χ4v) is 4.52. The highest BCUT2D eigenvalue weighted by molar-refractivity contribution is 6.00. The third kappa shape index (κ3) is 5.76. The second kappa shape index (κ2) is 10.8. The Labute approximate surface area is 215 Å². The van der Waals surface area contributed by atoms with Crippen LogP contribution in [0.1, 0.15) is 6.42 Å². The lowest BCUT2D eigenvalue weighted by Gasteiger charge is -2.33. The number of alkyl halides is 1. The van der Waals surface area contributed by atoms with Gasteiger partial charge in [-0.1, -0.05) is 36.9 Å². The number of carbonyl (C=O) groups is 1. The maximum absolute atomic E-state index is 14.4. The molecule has 5 rings (SSSR count). The summed E-state index contributed by atoms with van der Waals surface area (Å²) in [6.07, 6.45) is 2.91. The lowest BCUT2D eigenvalue weighted by molar-refractivity contribution is -0.111. The molecule has 0 unspecified atom stereocenters. The van der Waals surface area contributed by atoms with Gasteiger partial charge >= 0.3 is 0 Å². The number of likely N-dealkylation sites (tertiary alicyclic amines) is 1. The highest BCUT2D eigenvalue weighted by Crippen LogP contribution is 2.30. The molecule has 1 fully saturated rings. The van der Waals surface area contributed by atoms with Crippen LogP contribution >= 0.6 is 0 Å². The van der Waals surface area contributed by atoms with Gasteiger partial charge in [-0.05, 0) is 61.5 Å². The molecule has 0 aliphatic carbocycles. The Balaban J connectivity index is 1.34. The third-order valence-corrected chi connectivity index (χ3v) is 6.47. The predicted molar refractivity (Wildman–Crippen MR) is 148 cm³/mol. The van der Waals surface area contributed by atoms with E-state index in [0.717, 1.165) is 46.4 Å². The Morgan fingerprint density at radius 2 is 1.86 bits per heavy atom. The molecule has 0 spiro atoms. The molecule has 3 N–H and O–H groups in total. The van der Waals surface area contributed by atoms with Crippen molar-refractivity contribution < 1.29 is 9.18 Å². The van der Waals surface area contributed by atoms with Crippen LogP contribution in [0.25, 0.3) is 22.0 Å². The van der Waals surface area contributed by atoms with Gasteiger partial charge in [-0.25, -0.2) is 14.4 Å². The van der Waals surface area contributed by atoms with Gasteiger partial charge in [0.2, 0.25) is 11.9 Å². The molecule has 1 aromatic heterocycles. The van der Waals surface area contributed by atoms with Crippen LogP contribution in [0.2, 0.25) is 0 Å². The van der Waals surface area contributed by atoms with Crippen LogP contribution in [0.15, 0.2) is 85.6 Å². The summed E-state index contributed by atoms with van der Waals surface area (Å²) in [5, 5.41) is 10.3. The number of carbonyl (C=O) groups excluding carboxylic acids is 1. The van der Waals surface area contributed by atoms with Crippen molar-refractivity contribution in [3.05, 3.63) is 85.6 Å². The van der Waals surface area contributed by atoms with E-state index in [2.05, 4.69) is 27.5 Å². The largest absolute Gasteiger partial charge is 0.379 e. The maximum Gasteiger partial charge on any atom is 0.247 e. The van der Waals surface area contributed by atoms with Gasteiger partial charge in [0.15, 0.2) is 0 Å². The average Bonchev–Trinajstić information content (AvgIpc) is 2.91. The fourth-order valence-electron chi connectivity index (χ4n) is 4.52. The molecule has 1 amide bonds. The number of halogens is 1. The summed E-state index contributed by atoms with van der Waals surface area (Å²) in [5.74, 6) is 0.205. The summed E-state index contributed by atoms with van der Waals surface area (Å²) < 4.78 is 14.4. The maximum atomic E-state index is 14.4. The zero-order valence-corrected chi connectivity index (χ0v) is 20.6. The second-order valence-corrected chi connectivity index (χ2v) is 9.23. The number of hydrogen-bond donors (Lipinski definition) is 3. The number of amides is 1. The minimum atomic E-state index is -0.893. The first-order chi connectivity index (χ1) is 18.0. The fraction of sp³-hybridized carbons (Fsp3) is 0.207. The van der Waals surface area contributed by atoms with Crippen molar-refractivity contribution in [2.45, 2.75) is 18.6 Å². The molecule has 3 aromatic carbocycles. The summed E-state index contributed by atoms with van der Waals surface area (Å²) in [6.45, 7) is 4.84. The van der Waals surface area contributed by atoms with E-state index >= 15 is 0 Å². The van der Waals surface area contributed by atoms with Crippen molar-refractivity contribution in [1.82, 2.24) is 14.9 Å². The first-order valence-corrected chi connectivity index (χ1v) is 12.2. The first kappa shape index (κ1) is 24.4. The first-order valence-electron chi connectivity index (χ1n) is 12.2. The summed E-state index contributed by atoms with van der Waals surface area (Å²) in [7, 11) is 1.95. The molecule has 1 aliphatic rings. The molecule has 2 heterocycles. The van der Waals surface area contributed by atoms with E-state index < -0.39 is 6.17 Å². The molecule has 1 aliphatic heterocycles. The van der Waals surface area contributed by atoms with Crippen molar-refractivity contribution in [2.24, 2.45) is 0 Å². The molecule has 0 bridgehead atoms. The molecule has 7 nitrogen and oxygen atoms in total. The molecule has 37 heavy (non-hydrogen) atoms. The molecule has 0 saturated carbocycles. The number of hydrogen-bond acceptors (Lipinski definition) is 6. The summed E-state index contributed by atoms with van der Waals surface area (Å²) >= 11 is 0.